The Balaban J connectivity index is 1.51. The molecule has 0 fully saturated rings. The molecule has 0 amide bonds. The van der Waals surface area contributed by atoms with Crippen LogP contribution in [0.25, 0.3) is 0 Å². The van der Waals surface area contributed by atoms with Crippen molar-refractivity contribution in [1.82, 2.24) is 5.32 Å². The fourth-order valence-electron chi connectivity index (χ4n) is 6.12. The van der Waals surface area contributed by atoms with Gasteiger partial charge in [-0.1, -0.05) is 194 Å². The molecule has 0 aliphatic heterocycles. The molecule has 0 saturated heterocycles. The molecule has 0 radical (unpaired) electrons. The van der Waals surface area contributed by atoms with Gasteiger partial charge in [-0.15, -0.1) is 0 Å². The zero-order chi connectivity index (χ0) is 32.9. The Hall–Kier alpha value is -2.76. The van der Waals surface area contributed by atoms with Crippen molar-refractivity contribution >= 4 is 13.6 Å². The van der Waals surface area contributed by atoms with Crippen LogP contribution in [0.15, 0.2) is 91.0 Å². The maximum atomic E-state index is 14.2. The molecule has 0 heterocycles. The molecular weight excluding hydrogens is 593 g/mol. The minimum absolute atomic E-state index is 0.271. The van der Waals surface area contributed by atoms with Crippen molar-refractivity contribution in [3.63, 3.8) is 0 Å². The SMILES string of the molecule is CCCCCCCCCCCCCCCCCCNC(c1ccccc1)P(=O)(O)OC(C(=O)O)(c1ccccc1)c1ccccc1. The molecule has 3 N–H and O–H groups in total. The lowest BCUT2D eigenvalue weighted by Crippen LogP contribution is -2.40. The van der Waals surface area contributed by atoms with Crippen LogP contribution < -0.4 is 5.32 Å². The van der Waals surface area contributed by atoms with Gasteiger partial charge in [0.15, 0.2) is 0 Å². The molecule has 6 nitrogen and oxygen atoms in total. The highest BCUT2D eigenvalue weighted by molar-refractivity contribution is 7.53. The minimum Gasteiger partial charge on any atom is -0.479 e. The molecule has 0 aliphatic rings. The van der Waals surface area contributed by atoms with E-state index in [1.54, 1.807) is 84.9 Å². The van der Waals surface area contributed by atoms with Crippen molar-refractivity contribution in [3.8, 4) is 0 Å². The number of benzene rings is 3. The fraction of sp³-hybridized carbons (Fsp3) is 0.513. The zero-order valence-corrected chi connectivity index (χ0v) is 28.7. The maximum absolute atomic E-state index is 14.2. The Labute approximate surface area is 277 Å². The molecule has 46 heavy (non-hydrogen) atoms. The van der Waals surface area contributed by atoms with Crippen molar-refractivity contribution < 1.29 is 23.9 Å². The van der Waals surface area contributed by atoms with Gasteiger partial charge in [0.05, 0.1) is 0 Å². The van der Waals surface area contributed by atoms with E-state index >= 15 is 0 Å². The topological polar surface area (TPSA) is 95.9 Å². The third kappa shape index (κ3) is 12.1. The van der Waals surface area contributed by atoms with Crippen LogP contribution in [0.4, 0.5) is 0 Å². The van der Waals surface area contributed by atoms with E-state index in [1.165, 1.54) is 83.5 Å². The van der Waals surface area contributed by atoms with E-state index < -0.39 is 24.9 Å². The third-order valence-corrected chi connectivity index (χ3v) is 10.4. The first kappa shape index (κ1) is 37.7. The Morgan fingerprint density at radius 1 is 0.652 bits per heavy atom. The molecule has 2 atom stereocenters. The number of carboxylic acid groups (broad SMARTS) is 1. The van der Waals surface area contributed by atoms with Gasteiger partial charge in [0.2, 0.25) is 5.60 Å². The molecule has 252 valence electrons. The van der Waals surface area contributed by atoms with Gasteiger partial charge in [-0.3, -0.25) is 14.4 Å². The standard InChI is InChI=1S/C39H56NO5P/c1-2-3-4-5-6-7-8-9-10-11-12-13-14-15-16-26-33-40-37(34-27-20-17-21-28-34)46(43,44)45-39(38(41)42,35-29-22-18-23-30-35)36-31-24-19-25-32-36/h17-25,27-32,37,40H,2-16,26,33H2,1H3,(H,41,42)(H,43,44). The maximum Gasteiger partial charge on any atom is 0.351 e. The van der Waals surface area contributed by atoms with Crippen LogP contribution in [0.1, 0.15) is 132 Å². The van der Waals surface area contributed by atoms with Crippen molar-refractivity contribution in [2.45, 2.75) is 121 Å². The molecule has 3 rings (SSSR count). The van der Waals surface area contributed by atoms with Crippen LogP contribution in [-0.2, 0) is 19.5 Å². The van der Waals surface area contributed by atoms with E-state index in [4.69, 9.17) is 4.52 Å². The van der Waals surface area contributed by atoms with Crippen molar-refractivity contribution in [1.29, 1.82) is 0 Å². The summed E-state index contributed by atoms with van der Waals surface area (Å²) < 4.78 is 20.2. The Morgan fingerprint density at radius 3 is 1.41 bits per heavy atom. The highest BCUT2D eigenvalue weighted by Gasteiger charge is 2.51. The van der Waals surface area contributed by atoms with Crippen LogP contribution in [0.3, 0.4) is 0 Å². The highest BCUT2D eigenvalue weighted by atomic mass is 31.2. The lowest BCUT2D eigenvalue weighted by Gasteiger charge is -2.35. The second kappa shape index (κ2) is 21.2. The van der Waals surface area contributed by atoms with Crippen molar-refractivity contribution in [3.05, 3.63) is 108 Å². The quantitative estimate of drug-likeness (QED) is 0.0624. The largest absolute Gasteiger partial charge is 0.479 e. The van der Waals surface area contributed by atoms with Crippen LogP contribution in [0.5, 0.6) is 0 Å². The first-order valence-corrected chi connectivity index (χ1v) is 19.2. The predicted molar refractivity (Wildman–Crippen MR) is 189 cm³/mol. The molecule has 7 heteroatoms. The summed E-state index contributed by atoms with van der Waals surface area (Å²) in [6.07, 6.45) is 20.5. The van der Waals surface area contributed by atoms with Crippen LogP contribution in [0, 0.1) is 0 Å². The first-order valence-electron chi connectivity index (χ1n) is 17.6. The Bertz CT molecular complexity index is 1230. The molecule has 0 aromatic heterocycles. The number of carboxylic acids is 1. The number of rotatable bonds is 25. The van der Waals surface area contributed by atoms with Crippen LogP contribution in [0.2, 0.25) is 0 Å². The second-order valence-corrected chi connectivity index (χ2v) is 14.3. The summed E-state index contributed by atoms with van der Waals surface area (Å²) in [6.45, 7) is 2.78. The summed E-state index contributed by atoms with van der Waals surface area (Å²) >= 11 is 0. The van der Waals surface area contributed by atoms with Gasteiger partial charge >= 0.3 is 13.6 Å². The van der Waals surface area contributed by atoms with E-state index in [0.29, 0.717) is 12.1 Å². The van der Waals surface area contributed by atoms with Gasteiger partial charge in [-0.05, 0) is 18.5 Å². The lowest BCUT2D eigenvalue weighted by atomic mass is 9.86. The number of unbranched alkanes of at least 4 members (excludes halogenated alkanes) is 15. The molecule has 0 spiro atoms. The lowest BCUT2D eigenvalue weighted by molar-refractivity contribution is -0.153. The van der Waals surface area contributed by atoms with Crippen molar-refractivity contribution in [2.75, 3.05) is 6.54 Å². The van der Waals surface area contributed by atoms with E-state index in [-0.39, 0.29) is 11.1 Å². The summed E-state index contributed by atoms with van der Waals surface area (Å²) in [7, 11) is -4.61. The molecule has 0 aliphatic carbocycles. The zero-order valence-electron chi connectivity index (χ0n) is 27.8. The number of nitrogens with one attached hydrogen (secondary N) is 1. The Kier molecular flexibility index (Phi) is 17.4. The van der Waals surface area contributed by atoms with E-state index in [1.807, 2.05) is 6.07 Å². The van der Waals surface area contributed by atoms with Crippen molar-refractivity contribution in [2.24, 2.45) is 0 Å². The summed E-state index contributed by atoms with van der Waals surface area (Å²) in [5.41, 5.74) is -1.05. The second-order valence-electron chi connectivity index (χ2n) is 12.4. The van der Waals surface area contributed by atoms with Crippen LogP contribution in [-0.4, -0.2) is 22.5 Å². The molecule has 0 bridgehead atoms. The molecule has 3 aromatic carbocycles. The molecular formula is C39H56NO5P. The smallest absolute Gasteiger partial charge is 0.351 e. The third-order valence-electron chi connectivity index (χ3n) is 8.74. The molecule has 2 unspecified atom stereocenters. The number of hydrogen-bond acceptors (Lipinski definition) is 4. The van der Waals surface area contributed by atoms with Gasteiger partial charge in [-0.2, -0.15) is 0 Å². The summed E-state index contributed by atoms with van der Waals surface area (Å²) in [5, 5.41) is 13.9. The van der Waals surface area contributed by atoms with E-state index in [0.717, 1.165) is 19.3 Å². The number of aliphatic carboxylic acids is 1. The van der Waals surface area contributed by atoms with E-state index in [9.17, 15) is 19.4 Å². The average molecular weight is 650 g/mol. The van der Waals surface area contributed by atoms with E-state index in [2.05, 4.69) is 12.2 Å². The molecule has 3 aromatic rings. The summed E-state index contributed by atoms with van der Waals surface area (Å²) in [5.74, 6) is -2.44. The summed E-state index contributed by atoms with van der Waals surface area (Å²) in [6, 6.07) is 25.8. The average Bonchev–Trinajstić information content (AvgIpc) is 3.07. The van der Waals surface area contributed by atoms with Gasteiger partial charge in [0, 0.05) is 11.1 Å². The highest BCUT2D eigenvalue weighted by Crippen LogP contribution is 2.60. The predicted octanol–water partition coefficient (Wildman–Crippen LogP) is 10.8. The van der Waals surface area contributed by atoms with Gasteiger partial charge in [-0.25, -0.2) is 4.79 Å². The Morgan fingerprint density at radius 2 is 1.02 bits per heavy atom. The van der Waals surface area contributed by atoms with Gasteiger partial charge < -0.3 is 10.00 Å². The normalized spacial score (nSPS) is 13.7. The number of carbonyl (C=O) groups is 1. The fourth-order valence-corrected chi connectivity index (χ4v) is 7.82. The monoisotopic (exact) mass is 649 g/mol. The van der Waals surface area contributed by atoms with Gasteiger partial charge in [0.1, 0.15) is 5.78 Å². The minimum atomic E-state index is -4.61. The first-order chi connectivity index (χ1) is 22.4. The summed E-state index contributed by atoms with van der Waals surface area (Å²) in [4.78, 5) is 24.6. The van der Waals surface area contributed by atoms with Crippen LogP contribution >= 0.6 is 7.60 Å². The molecule has 0 saturated carbocycles. The number of hydrogen-bond donors (Lipinski definition) is 3. The van der Waals surface area contributed by atoms with Gasteiger partial charge in [0.25, 0.3) is 0 Å².